The summed E-state index contributed by atoms with van der Waals surface area (Å²) in [6.07, 6.45) is 9.83. The van der Waals surface area contributed by atoms with Crippen LogP contribution in [-0.2, 0) is 6.54 Å². The fourth-order valence-corrected chi connectivity index (χ4v) is 3.89. The smallest absolute Gasteiger partial charge is 0.196 e. The number of nitrogens with zero attached hydrogens (tertiary/aromatic N) is 1. The van der Waals surface area contributed by atoms with E-state index in [1.807, 2.05) is 24.3 Å². The lowest BCUT2D eigenvalue weighted by atomic mass is 9.99. The van der Waals surface area contributed by atoms with Crippen molar-refractivity contribution in [3.8, 4) is 11.5 Å². The minimum Gasteiger partial charge on any atom is -0.507 e. The van der Waals surface area contributed by atoms with Gasteiger partial charge in [-0.15, -0.1) is 0 Å². The van der Waals surface area contributed by atoms with Crippen LogP contribution in [0.15, 0.2) is 42.5 Å². The van der Waals surface area contributed by atoms with Crippen LogP contribution in [0.25, 0.3) is 0 Å². The van der Waals surface area contributed by atoms with Gasteiger partial charge in [0.15, 0.2) is 5.78 Å². The largest absolute Gasteiger partial charge is 0.507 e. The molecule has 0 aliphatic rings. The minimum atomic E-state index is -0.167. The van der Waals surface area contributed by atoms with Crippen molar-refractivity contribution in [3.05, 3.63) is 59.2 Å². The Bertz CT molecular complexity index is 777. The van der Waals surface area contributed by atoms with E-state index in [9.17, 15) is 9.90 Å². The number of benzene rings is 2. The van der Waals surface area contributed by atoms with Crippen LogP contribution in [0.5, 0.6) is 11.5 Å². The van der Waals surface area contributed by atoms with Crippen LogP contribution < -0.4 is 4.74 Å². The summed E-state index contributed by atoms with van der Waals surface area (Å²) in [5.41, 5.74) is 1.86. The summed E-state index contributed by atoms with van der Waals surface area (Å²) in [4.78, 5) is 15.4. The monoisotopic (exact) mass is 425 g/mol. The van der Waals surface area contributed by atoms with Gasteiger partial charge >= 0.3 is 0 Å². The molecule has 2 aromatic carbocycles. The van der Waals surface area contributed by atoms with Crippen LogP contribution >= 0.6 is 0 Å². The number of ketones is 1. The van der Waals surface area contributed by atoms with Crippen LogP contribution in [0.1, 0.15) is 86.7 Å². The molecule has 0 unspecified atom stereocenters. The Hall–Kier alpha value is -2.33. The highest BCUT2D eigenvalue weighted by Gasteiger charge is 2.19. The van der Waals surface area contributed by atoms with Gasteiger partial charge in [0.1, 0.15) is 11.5 Å². The quantitative estimate of drug-likeness (QED) is 0.258. The van der Waals surface area contributed by atoms with Crippen LogP contribution in [0.4, 0.5) is 0 Å². The van der Waals surface area contributed by atoms with Crippen LogP contribution in [0.2, 0.25) is 0 Å². The molecule has 0 aliphatic heterocycles. The zero-order valence-electron chi connectivity index (χ0n) is 19.5. The minimum absolute atomic E-state index is 0.0353. The standard InChI is InChI=1S/C27H39NO3/c1-4-6-8-13-17-28(18-14-9-7-5-2)21-23-19-24(25(29)20-26(23)31-3)27(30)22-15-11-10-12-16-22/h10-12,15-16,19-20,29H,4-9,13-14,17-18,21H2,1-3H3. The number of phenols is 1. The Morgan fingerprint density at radius 2 is 1.52 bits per heavy atom. The molecular weight excluding hydrogens is 386 g/mol. The summed E-state index contributed by atoms with van der Waals surface area (Å²) in [6, 6.07) is 12.5. The molecule has 0 aromatic heterocycles. The number of carbonyl (C=O) groups is 1. The molecule has 4 nitrogen and oxygen atoms in total. The number of ether oxygens (including phenoxy) is 1. The SMILES string of the molecule is CCCCCCN(CCCCCC)Cc1cc(C(=O)c2ccccc2)c(O)cc1OC. The van der Waals surface area contributed by atoms with Crippen LogP contribution in [-0.4, -0.2) is 36.0 Å². The number of aromatic hydroxyl groups is 1. The van der Waals surface area contributed by atoms with Crippen molar-refractivity contribution in [3.63, 3.8) is 0 Å². The van der Waals surface area contributed by atoms with Gasteiger partial charge in [0, 0.05) is 23.7 Å². The molecule has 0 bridgehead atoms. The topological polar surface area (TPSA) is 49.8 Å². The van der Waals surface area contributed by atoms with E-state index in [1.165, 1.54) is 51.4 Å². The van der Waals surface area contributed by atoms with E-state index in [2.05, 4.69) is 18.7 Å². The summed E-state index contributed by atoms with van der Waals surface area (Å²) in [5, 5.41) is 10.5. The fraction of sp³-hybridized carbons (Fsp3) is 0.519. The fourth-order valence-electron chi connectivity index (χ4n) is 3.89. The summed E-state index contributed by atoms with van der Waals surface area (Å²) < 4.78 is 5.56. The summed E-state index contributed by atoms with van der Waals surface area (Å²) >= 11 is 0. The van der Waals surface area contributed by atoms with Gasteiger partial charge in [-0.3, -0.25) is 9.69 Å². The first-order valence-corrected chi connectivity index (χ1v) is 11.8. The van der Waals surface area contributed by atoms with Crippen molar-refractivity contribution in [1.29, 1.82) is 0 Å². The second kappa shape index (κ2) is 13.9. The molecule has 4 heteroatoms. The molecule has 0 saturated carbocycles. The van der Waals surface area contributed by atoms with E-state index in [0.29, 0.717) is 16.9 Å². The van der Waals surface area contributed by atoms with E-state index in [4.69, 9.17) is 4.74 Å². The van der Waals surface area contributed by atoms with Gasteiger partial charge in [0.2, 0.25) is 0 Å². The number of hydrogen-bond acceptors (Lipinski definition) is 4. The molecule has 0 heterocycles. The molecular formula is C27H39NO3. The molecule has 0 spiro atoms. The third-order valence-corrected chi connectivity index (χ3v) is 5.73. The van der Waals surface area contributed by atoms with Gasteiger partial charge in [-0.25, -0.2) is 0 Å². The highest BCUT2D eigenvalue weighted by atomic mass is 16.5. The van der Waals surface area contributed by atoms with Crippen LogP contribution in [0, 0.1) is 0 Å². The second-order valence-corrected chi connectivity index (χ2v) is 8.27. The molecule has 0 atom stereocenters. The predicted octanol–water partition coefficient (Wildman–Crippen LogP) is 6.59. The maximum Gasteiger partial charge on any atom is 0.196 e. The van der Waals surface area contributed by atoms with Crippen molar-refractivity contribution < 1.29 is 14.6 Å². The number of phenolic OH excluding ortho intramolecular Hbond substituents is 1. The predicted molar refractivity (Wildman–Crippen MR) is 128 cm³/mol. The first-order chi connectivity index (χ1) is 15.1. The lowest BCUT2D eigenvalue weighted by Crippen LogP contribution is -2.26. The molecule has 2 rings (SSSR count). The van der Waals surface area contributed by atoms with Crippen LogP contribution in [0.3, 0.4) is 0 Å². The number of unbranched alkanes of at least 4 members (excludes halogenated alkanes) is 6. The Balaban J connectivity index is 2.21. The molecule has 0 fully saturated rings. The first kappa shape index (κ1) is 24.9. The van der Waals surface area contributed by atoms with E-state index < -0.39 is 0 Å². The Morgan fingerprint density at radius 1 is 0.903 bits per heavy atom. The zero-order valence-corrected chi connectivity index (χ0v) is 19.5. The van der Waals surface area contributed by atoms with Gasteiger partial charge in [-0.05, 0) is 32.0 Å². The van der Waals surface area contributed by atoms with E-state index in [1.54, 1.807) is 25.3 Å². The van der Waals surface area contributed by atoms with E-state index in [0.717, 1.165) is 25.2 Å². The lowest BCUT2D eigenvalue weighted by molar-refractivity contribution is 0.103. The maximum absolute atomic E-state index is 13.0. The molecule has 0 saturated heterocycles. The van der Waals surface area contributed by atoms with Gasteiger partial charge < -0.3 is 9.84 Å². The Labute approximate surface area is 188 Å². The highest BCUT2D eigenvalue weighted by Crippen LogP contribution is 2.31. The summed E-state index contributed by atoms with van der Waals surface area (Å²) in [6.45, 7) is 7.26. The third kappa shape index (κ3) is 8.02. The molecule has 0 amide bonds. The highest BCUT2D eigenvalue weighted by molar-refractivity contribution is 6.10. The van der Waals surface area contributed by atoms with Crippen molar-refractivity contribution >= 4 is 5.78 Å². The molecule has 0 radical (unpaired) electrons. The van der Waals surface area contributed by atoms with E-state index >= 15 is 0 Å². The summed E-state index contributed by atoms with van der Waals surface area (Å²) in [7, 11) is 1.61. The molecule has 0 aliphatic carbocycles. The normalized spacial score (nSPS) is 11.1. The Morgan fingerprint density at radius 3 is 2.06 bits per heavy atom. The van der Waals surface area contributed by atoms with Crippen molar-refractivity contribution in [2.45, 2.75) is 71.8 Å². The Kier molecular flexibility index (Phi) is 11.2. The zero-order chi connectivity index (χ0) is 22.5. The van der Waals surface area contributed by atoms with E-state index in [-0.39, 0.29) is 11.5 Å². The number of methoxy groups -OCH3 is 1. The number of carbonyl (C=O) groups excluding carboxylic acids is 1. The van der Waals surface area contributed by atoms with Gasteiger partial charge in [0.25, 0.3) is 0 Å². The molecule has 31 heavy (non-hydrogen) atoms. The first-order valence-electron chi connectivity index (χ1n) is 11.8. The third-order valence-electron chi connectivity index (χ3n) is 5.73. The lowest BCUT2D eigenvalue weighted by Gasteiger charge is -2.24. The average Bonchev–Trinajstić information content (AvgIpc) is 2.80. The van der Waals surface area contributed by atoms with Gasteiger partial charge in [0.05, 0.1) is 12.7 Å². The second-order valence-electron chi connectivity index (χ2n) is 8.27. The average molecular weight is 426 g/mol. The maximum atomic E-state index is 13.0. The van der Waals surface area contributed by atoms with Crippen molar-refractivity contribution in [2.75, 3.05) is 20.2 Å². The number of hydrogen-bond donors (Lipinski definition) is 1. The van der Waals surface area contributed by atoms with Gasteiger partial charge in [-0.1, -0.05) is 82.7 Å². The van der Waals surface area contributed by atoms with Crippen molar-refractivity contribution in [1.82, 2.24) is 4.90 Å². The number of rotatable bonds is 15. The molecule has 1 N–H and O–H groups in total. The summed E-state index contributed by atoms with van der Waals surface area (Å²) in [5.74, 6) is 0.431. The van der Waals surface area contributed by atoms with Crippen molar-refractivity contribution in [2.24, 2.45) is 0 Å². The molecule has 170 valence electrons. The van der Waals surface area contributed by atoms with Gasteiger partial charge in [-0.2, -0.15) is 0 Å². The molecule has 2 aromatic rings.